The number of aliphatic carboxylic acids is 1. The maximum absolute atomic E-state index is 12.4. The molecule has 0 spiro atoms. The van der Waals surface area contributed by atoms with Gasteiger partial charge in [-0.25, -0.2) is 0 Å². The number of piperidine rings is 1. The second kappa shape index (κ2) is 8.01. The van der Waals surface area contributed by atoms with Crippen LogP contribution in [0.1, 0.15) is 25.7 Å². The highest BCUT2D eigenvalue weighted by atomic mass is 16.5. The number of hydrogen-bond donors (Lipinski definition) is 1. The van der Waals surface area contributed by atoms with Gasteiger partial charge in [-0.3, -0.25) is 9.59 Å². The lowest BCUT2D eigenvalue weighted by atomic mass is 9.93. The minimum atomic E-state index is -0.775. The number of carbonyl (C=O) groups excluding carboxylic acids is 1. The first-order valence-electron chi connectivity index (χ1n) is 8.73. The predicted molar refractivity (Wildman–Crippen MR) is 95.6 cm³/mol. The third-order valence-electron chi connectivity index (χ3n) is 4.72. The topological polar surface area (TPSA) is 66.8 Å². The molecule has 0 radical (unpaired) electrons. The number of hydrogen-bond acceptors (Lipinski definition) is 3. The number of ether oxygens (including phenoxy) is 1. The van der Waals surface area contributed by atoms with Crippen LogP contribution in [-0.4, -0.2) is 41.6 Å². The summed E-state index contributed by atoms with van der Waals surface area (Å²) >= 11 is 0. The Hall–Kier alpha value is -2.56. The van der Waals surface area contributed by atoms with E-state index in [-0.39, 0.29) is 24.9 Å². The van der Waals surface area contributed by atoms with Crippen molar-refractivity contribution in [1.82, 2.24) is 4.90 Å². The Morgan fingerprint density at radius 2 is 1.96 bits per heavy atom. The van der Waals surface area contributed by atoms with Crippen molar-refractivity contribution in [3.63, 3.8) is 0 Å². The van der Waals surface area contributed by atoms with Gasteiger partial charge >= 0.3 is 5.97 Å². The Labute approximate surface area is 147 Å². The Bertz CT molecular complexity index is 758. The van der Waals surface area contributed by atoms with E-state index in [4.69, 9.17) is 9.84 Å². The quantitative estimate of drug-likeness (QED) is 0.875. The number of carboxylic acid groups (broad SMARTS) is 1. The van der Waals surface area contributed by atoms with Gasteiger partial charge in [-0.2, -0.15) is 0 Å². The Morgan fingerprint density at radius 3 is 2.76 bits per heavy atom. The molecule has 25 heavy (non-hydrogen) atoms. The van der Waals surface area contributed by atoms with Crippen LogP contribution in [0.2, 0.25) is 0 Å². The van der Waals surface area contributed by atoms with Crippen molar-refractivity contribution in [2.45, 2.75) is 25.7 Å². The fourth-order valence-corrected chi connectivity index (χ4v) is 3.35. The van der Waals surface area contributed by atoms with E-state index in [9.17, 15) is 9.59 Å². The third-order valence-corrected chi connectivity index (χ3v) is 4.72. The summed E-state index contributed by atoms with van der Waals surface area (Å²) in [5.41, 5.74) is 0. The molecule has 1 saturated heterocycles. The molecule has 1 atom stereocenters. The SMILES string of the molecule is O=C(O)CCC1CCCN(C(=O)COc2ccc3ccccc3c2)C1. The van der Waals surface area contributed by atoms with Gasteiger partial charge in [0.15, 0.2) is 6.61 Å². The molecule has 0 bridgehead atoms. The van der Waals surface area contributed by atoms with Gasteiger partial charge in [-0.05, 0) is 48.1 Å². The highest BCUT2D eigenvalue weighted by Gasteiger charge is 2.24. The summed E-state index contributed by atoms with van der Waals surface area (Å²) in [6, 6.07) is 13.8. The maximum atomic E-state index is 12.4. The van der Waals surface area contributed by atoms with Crippen LogP contribution < -0.4 is 4.74 Å². The molecule has 1 fully saturated rings. The summed E-state index contributed by atoms with van der Waals surface area (Å²) in [6.45, 7) is 1.38. The minimum Gasteiger partial charge on any atom is -0.484 e. The van der Waals surface area contributed by atoms with Crippen molar-refractivity contribution in [2.75, 3.05) is 19.7 Å². The lowest BCUT2D eigenvalue weighted by Crippen LogP contribution is -2.42. The van der Waals surface area contributed by atoms with Crippen molar-refractivity contribution < 1.29 is 19.4 Å². The first kappa shape index (κ1) is 17.3. The zero-order valence-corrected chi connectivity index (χ0v) is 14.2. The smallest absolute Gasteiger partial charge is 0.303 e. The Balaban J connectivity index is 1.53. The molecule has 0 aromatic heterocycles. The van der Waals surface area contributed by atoms with Crippen molar-refractivity contribution in [1.29, 1.82) is 0 Å². The third kappa shape index (κ3) is 4.72. The first-order valence-corrected chi connectivity index (χ1v) is 8.73. The molecule has 1 unspecified atom stereocenters. The van der Waals surface area contributed by atoms with Gasteiger partial charge in [0.25, 0.3) is 5.91 Å². The van der Waals surface area contributed by atoms with Crippen LogP contribution >= 0.6 is 0 Å². The van der Waals surface area contributed by atoms with Gasteiger partial charge in [0.05, 0.1) is 0 Å². The lowest BCUT2D eigenvalue weighted by molar-refractivity contribution is -0.137. The molecule has 1 aliphatic rings. The van der Waals surface area contributed by atoms with E-state index in [0.717, 1.165) is 30.2 Å². The number of amides is 1. The molecule has 132 valence electrons. The van der Waals surface area contributed by atoms with E-state index < -0.39 is 5.97 Å². The summed E-state index contributed by atoms with van der Waals surface area (Å²) in [4.78, 5) is 24.9. The molecule has 1 N–H and O–H groups in total. The van der Waals surface area contributed by atoms with E-state index in [1.807, 2.05) is 42.5 Å². The highest BCUT2D eigenvalue weighted by Crippen LogP contribution is 2.22. The number of carbonyl (C=O) groups is 2. The van der Waals surface area contributed by atoms with Crippen molar-refractivity contribution >= 4 is 22.6 Å². The van der Waals surface area contributed by atoms with Gasteiger partial charge in [-0.15, -0.1) is 0 Å². The van der Waals surface area contributed by atoms with Crippen LogP contribution in [0, 0.1) is 5.92 Å². The Kier molecular flexibility index (Phi) is 5.53. The van der Waals surface area contributed by atoms with E-state index in [0.29, 0.717) is 18.7 Å². The van der Waals surface area contributed by atoms with Crippen LogP contribution in [0.5, 0.6) is 5.75 Å². The molecular weight excluding hydrogens is 318 g/mol. The van der Waals surface area contributed by atoms with Crippen molar-refractivity contribution in [3.05, 3.63) is 42.5 Å². The number of benzene rings is 2. The molecule has 0 aliphatic carbocycles. The summed E-state index contributed by atoms with van der Waals surface area (Å²) in [6.07, 6.45) is 2.71. The number of fused-ring (bicyclic) bond motifs is 1. The highest BCUT2D eigenvalue weighted by molar-refractivity contribution is 5.84. The average molecular weight is 341 g/mol. The van der Waals surface area contributed by atoms with Crippen LogP contribution in [0.15, 0.2) is 42.5 Å². The van der Waals surface area contributed by atoms with Crippen LogP contribution in [0.4, 0.5) is 0 Å². The second-order valence-electron chi connectivity index (χ2n) is 6.58. The molecule has 1 aliphatic heterocycles. The molecule has 2 aromatic carbocycles. The number of rotatable bonds is 6. The summed E-state index contributed by atoms with van der Waals surface area (Å²) in [5, 5.41) is 11.0. The van der Waals surface area contributed by atoms with Crippen molar-refractivity contribution in [2.24, 2.45) is 5.92 Å². The summed E-state index contributed by atoms with van der Waals surface area (Å²) < 4.78 is 5.68. The molecule has 3 rings (SSSR count). The minimum absolute atomic E-state index is 0.0178. The molecule has 2 aromatic rings. The van der Waals surface area contributed by atoms with E-state index >= 15 is 0 Å². The molecule has 1 amide bonds. The lowest BCUT2D eigenvalue weighted by Gasteiger charge is -2.32. The van der Waals surface area contributed by atoms with Crippen molar-refractivity contribution in [3.8, 4) is 5.75 Å². The predicted octanol–water partition coefficient (Wildman–Crippen LogP) is 3.32. The van der Waals surface area contributed by atoms with Crippen LogP contribution in [0.3, 0.4) is 0 Å². The van der Waals surface area contributed by atoms with Gasteiger partial charge in [0.2, 0.25) is 0 Å². The summed E-state index contributed by atoms with van der Waals surface area (Å²) in [5.74, 6) is 0.150. The zero-order chi connectivity index (χ0) is 17.6. The zero-order valence-electron chi connectivity index (χ0n) is 14.2. The van der Waals surface area contributed by atoms with E-state index in [1.165, 1.54) is 0 Å². The molecule has 5 nitrogen and oxygen atoms in total. The van der Waals surface area contributed by atoms with Gasteiger partial charge < -0.3 is 14.7 Å². The van der Waals surface area contributed by atoms with Gasteiger partial charge in [-0.1, -0.05) is 30.3 Å². The normalized spacial score (nSPS) is 17.4. The standard InChI is InChI=1S/C20H23NO4/c22-19(21-11-3-4-15(13-21)7-10-20(23)24)14-25-18-9-8-16-5-1-2-6-17(16)12-18/h1-2,5-6,8-9,12,15H,3-4,7,10-11,13-14H2,(H,23,24). The van der Waals surface area contributed by atoms with Crippen LogP contribution in [0.25, 0.3) is 10.8 Å². The van der Waals surface area contributed by atoms with E-state index in [1.54, 1.807) is 4.90 Å². The van der Waals surface area contributed by atoms with Crippen LogP contribution in [-0.2, 0) is 9.59 Å². The number of likely N-dealkylation sites (tertiary alicyclic amines) is 1. The fourth-order valence-electron chi connectivity index (χ4n) is 3.35. The van der Waals surface area contributed by atoms with Gasteiger partial charge in [0, 0.05) is 19.5 Å². The van der Waals surface area contributed by atoms with E-state index in [2.05, 4.69) is 0 Å². The molecule has 0 saturated carbocycles. The largest absolute Gasteiger partial charge is 0.484 e. The number of carboxylic acids is 1. The number of nitrogens with zero attached hydrogens (tertiary/aromatic N) is 1. The second-order valence-corrected chi connectivity index (χ2v) is 6.58. The average Bonchev–Trinajstić information content (AvgIpc) is 2.64. The summed E-state index contributed by atoms with van der Waals surface area (Å²) in [7, 11) is 0. The Morgan fingerprint density at radius 1 is 1.16 bits per heavy atom. The van der Waals surface area contributed by atoms with Gasteiger partial charge in [0.1, 0.15) is 5.75 Å². The first-order chi connectivity index (χ1) is 12.1. The molecule has 1 heterocycles. The maximum Gasteiger partial charge on any atom is 0.303 e. The monoisotopic (exact) mass is 341 g/mol. The fraction of sp³-hybridized carbons (Fsp3) is 0.400. The molecular formula is C20H23NO4. The molecule has 5 heteroatoms.